The first-order chi connectivity index (χ1) is 10.2. The van der Waals surface area contributed by atoms with E-state index in [1.807, 2.05) is 0 Å². The van der Waals surface area contributed by atoms with Crippen molar-refractivity contribution in [3.8, 4) is 0 Å². The van der Waals surface area contributed by atoms with E-state index in [2.05, 4.69) is 53.3 Å². The van der Waals surface area contributed by atoms with Crippen molar-refractivity contribution in [1.82, 2.24) is 20.0 Å². The van der Waals surface area contributed by atoms with Crippen LogP contribution in [0.5, 0.6) is 0 Å². The molecule has 3 rings (SSSR count). The molecule has 0 amide bonds. The molecule has 2 aliphatic heterocycles. The molecule has 4 nitrogen and oxygen atoms in total. The Bertz CT molecular complexity index is 441. The maximum absolute atomic E-state index is 4.49. The van der Waals surface area contributed by atoms with Crippen LogP contribution in [-0.4, -0.2) is 40.4 Å². The quantitative estimate of drug-likeness (QED) is 0.874. The second kappa shape index (κ2) is 6.49. The van der Waals surface area contributed by atoms with Crippen LogP contribution in [0.1, 0.15) is 57.6 Å². The van der Waals surface area contributed by atoms with E-state index in [-0.39, 0.29) is 0 Å². The summed E-state index contributed by atoms with van der Waals surface area (Å²) in [6.45, 7) is 6.46. The average Bonchev–Trinajstić information content (AvgIpc) is 3.02. The van der Waals surface area contributed by atoms with E-state index in [1.54, 1.807) is 0 Å². The zero-order chi connectivity index (χ0) is 14.8. The van der Waals surface area contributed by atoms with Crippen molar-refractivity contribution >= 4 is 0 Å². The topological polar surface area (TPSA) is 33.1 Å². The Labute approximate surface area is 128 Å². The Kier molecular flexibility index (Phi) is 4.65. The number of aromatic nitrogens is 2. The molecule has 2 bridgehead atoms. The number of rotatable bonds is 6. The number of aryl methyl sites for hydroxylation is 1. The molecule has 4 heteroatoms. The highest BCUT2D eigenvalue weighted by atomic mass is 15.3. The fourth-order valence-corrected chi connectivity index (χ4v) is 4.30. The Morgan fingerprint density at radius 2 is 2.00 bits per heavy atom. The molecular weight excluding hydrogens is 260 g/mol. The molecule has 1 aromatic heterocycles. The summed E-state index contributed by atoms with van der Waals surface area (Å²) in [4.78, 5) is 2.63. The third-order valence-electron chi connectivity index (χ3n) is 5.56. The summed E-state index contributed by atoms with van der Waals surface area (Å²) in [5.74, 6) is 0.764. The summed E-state index contributed by atoms with van der Waals surface area (Å²) in [7, 11) is 2.32. The molecule has 1 N–H and O–H groups in total. The maximum atomic E-state index is 4.49. The predicted molar refractivity (Wildman–Crippen MR) is 86.2 cm³/mol. The van der Waals surface area contributed by atoms with E-state index >= 15 is 0 Å². The van der Waals surface area contributed by atoms with Crippen LogP contribution in [0.2, 0.25) is 0 Å². The Morgan fingerprint density at radius 3 is 2.57 bits per heavy atom. The molecule has 0 aliphatic carbocycles. The lowest BCUT2D eigenvalue weighted by molar-refractivity contribution is 0.112. The molecule has 2 saturated heterocycles. The van der Waals surface area contributed by atoms with Crippen LogP contribution in [0, 0.1) is 5.92 Å². The molecule has 118 valence electrons. The molecule has 3 atom stereocenters. The van der Waals surface area contributed by atoms with Crippen molar-refractivity contribution < 1.29 is 0 Å². The van der Waals surface area contributed by atoms with Crippen molar-refractivity contribution in [2.75, 3.05) is 13.6 Å². The van der Waals surface area contributed by atoms with Crippen molar-refractivity contribution in [2.24, 2.45) is 5.92 Å². The average molecular weight is 290 g/mol. The van der Waals surface area contributed by atoms with Gasteiger partial charge in [-0.25, -0.2) is 0 Å². The third kappa shape index (κ3) is 3.02. The van der Waals surface area contributed by atoms with Crippen LogP contribution >= 0.6 is 0 Å². The van der Waals surface area contributed by atoms with Crippen LogP contribution in [0.4, 0.5) is 0 Å². The fourth-order valence-electron chi connectivity index (χ4n) is 4.30. The highest BCUT2D eigenvalue weighted by molar-refractivity contribution is 5.14. The van der Waals surface area contributed by atoms with Gasteiger partial charge in [0.1, 0.15) is 0 Å². The first kappa shape index (κ1) is 15.0. The van der Waals surface area contributed by atoms with Crippen LogP contribution in [0.3, 0.4) is 0 Å². The van der Waals surface area contributed by atoms with Gasteiger partial charge < -0.3 is 10.2 Å². The summed E-state index contributed by atoms with van der Waals surface area (Å²) < 4.78 is 2.06. The summed E-state index contributed by atoms with van der Waals surface area (Å²) in [5.41, 5.74) is 1.39. The van der Waals surface area contributed by atoms with E-state index in [1.165, 1.54) is 37.7 Å². The Hall–Kier alpha value is -0.870. The van der Waals surface area contributed by atoms with Gasteiger partial charge in [-0.2, -0.15) is 5.10 Å². The molecule has 0 spiro atoms. The van der Waals surface area contributed by atoms with Crippen molar-refractivity contribution in [1.29, 1.82) is 0 Å². The number of nitrogens with one attached hydrogen (secondary N) is 1. The number of piperidine rings is 1. The lowest BCUT2D eigenvalue weighted by Crippen LogP contribution is -2.43. The van der Waals surface area contributed by atoms with Gasteiger partial charge in [-0.05, 0) is 58.5 Å². The van der Waals surface area contributed by atoms with Gasteiger partial charge in [0, 0.05) is 36.4 Å². The van der Waals surface area contributed by atoms with Crippen LogP contribution in [0.15, 0.2) is 12.4 Å². The van der Waals surface area contributed by atoms with Gasteiger partial charge in [0.2, 0.25) is 0 Å². The van der Waals surface area contributed by atoms with Crippen LogP contribution in [-0.2, 0) is 6.54 Å². The third-order valence-corrected chi connectivity index (χ3v) is 5.56. The molecule has 2 aliphatic rings. The second-order valence-electron chi connectivity index (χ2n) is 6.84. The number of hydrogen-bond donors (Lipinski definition) is 1. The summed E-state index contributed by atoms with van der Waals surface area (Å²) in [6.07, 6.45) is 11.0. The SMILES string of the molecule is CCCNC(c1cnn(CC)c1)C1CC2CCC(C1)N2C. The second-order valence-corrected chi connectivity index (χ2v) is 6.84. The van der Waals surface area contributed by atoms with Gasteiger partial charge in [0.25, 0.3) is 0 Å². The minimum Gasteiger partial charge on any atom is -0.310 e. The van der Waals surface area contributed by atoms with E-state index in [0.717, 1.165) is 31.1 Å². The van der Waals surface area contributed by atoms with Crippen LogP contribution in [0.25, 0.3) is 0 Å². The largest absolute Gasteiger partial charge is 0.310 e. The first-order valence-electron chi connectivity index (χ1n) is 8.70. The molecule has 3 heterocycles. The number of hydrogen-bond acceptors (Lipinski definition) is 3. The molecule has 3 unspecified atom stereocenters. The molecular formula is C17H30N4. The van der Waals surface area contributed by atoms with Gasteiger partial charge in [-0.1, -0.05) is 6.92 Å². The normalized spacial score (nSPS) is 30.7. The van der Waals surface area contributed by atoms with Gasteiger partial charge >= 0.3 is 0 Å². The lowest BCUT2D eigenvalue weighted by Gasteiger charge is -2.40. The van der Waals surface area contributed by atoms with Gasteiger partial charge in [-0.3, -0.25) is 4.68 Å². The van der Waals surface area contributed by atoms with E-state index < -0.39 is 0 Å². The van der Waals surface area contributed by atoms with Gasteiger partial charge in [0.05, 0.1) is 6.20 Å². The zero-order valence-electron chi connectivity index (χ0n) is 13.8. The zero-order valence-corrected chi connectivity index (χ0v) is 13.8. The molecule has 2 fully saturated rings. The van der Waals surface area contributed by atoms with E-state index in [4.69, 9.17) is 0 Å². The monoisotopic (exact) mass is 290 g/mol. The molecule has 1 aromatic rings. The van der Waals surface area contributed by atoms with E-state index in [9.17, 15) is 0 Å². The fraction of sp³-hybridized carbons (Fsp3) is 0.824. The maximum Gasteiger partial charge on any atom is 0.0537 e. The van der Waals surface area contributed by atoms with Crippen LogP contribution < -0.4 is 5.32 Å². The molecule has 0 saturated carbocycles. The minimum absolute atomic E-state index is 0.488. The summed E-state index contributed by atoms with van der Waals surface area (Å²) in [5, 5.41) is 8.30. The van der Waals surface area contributed by atoms with Crippen molar-refractivity contribution in [3.05, 3.63) is 18.0 Å². The summed E-state index contributed by atoms with van der Waals surface area (Å²) >= 11 is 0. The van der Waals surface area contributed by atoms with Gasteiger partial charge in [0.15, 0.2) is 0 Å². The minimum atomic E-state index is 0.488. The molecule has 0 radical (unpaired) electrons. The van der Waals surface area contributed by atoms with Gasteiger partial charge in [-0.15, -0.1) is 0 Å². The number of fused-ring (bicyclic) bond motifs is 2. The predicted octanol–water partition coefficient (Wildman–Crippen LogP) is 2.82. The Morgan fingerprint density at radius 1 is 1.29 bits per heavy atom. The van der Waals surface area contributed by atoms with Crippen molar-refractivity contribution in [2.45, 2.75) is 70.6 Å². The molecule has 0 aromatic carbocycles. The Balaban J connectivity index is 1.76. The standard InChI is InChI=1S/C17H30N4/c1-4-8-18-17(14-11-19-21(5-2)12-14)13-9-15-6-7-16(10-13)20(15)3/h11-13,15-18H,4-10H2,1-3H3. The molecule has 21 heavy (non-hydrogen) atoms. The first-order valence-corrected chi connectivity index (χ1v) is 8.70. The smallest absolute Gasteiger partial charge is 0.0537 e. The highest BCUT2D eigenvalue weighted by Gasteiger charge is 2.41. The van der Waals surface area contributed by atoms with E-state index in [0.29, 0.717) is 6.04 Å². The number of nitrogens with zero attached hydrogens (tertiary/aromatic N) is 3. The summed E-state index contributed by atoms with van der Waals surface area (Å²) in [6, 6.07) is 2.10. The van der Waals surface area contributed by atoms with Crippen molar-refractivity contribution in [3.63, 3.8) is 0 Å². The lowest BCUT2D eigenvalue weighted by atomic mass is 9.83. The highest BCUT2D eigenvalue weighted by Crippen LogP contribution is 2.42.